The summed E-state index contributed by atoms with van der Waals surface area (Å²) >= 11 is 0. The minimum Gasteiger partial charge on any atom is -0.355 e. The third-order valence-electron chi connectivity index (χ3n) is 3.82. The monoisotopic (exact) mass is 277 g/mol. The minimum atomic E-state index is -0.155. The second-order valence-electron chi connectivity index (χ2n) is 6.03. The van der Waals surface area contributed by atoms with Gasteiger partial charge in [0.15, 0.2) is 0 Å². The minimum absolute atomic E-state index is 0.115. The largest absolute Gasteiger partial charge is 0.355 e. The Kier molecular flexibility index (Phi) is 3.83. The van der Waals surface area contributed by atoms with E-state index in [1.54, 1.807) is 0 Å². The van der Waals surface area contributed by atoms with E-state index in [2.05, 4.69) is 29.0 Å². The Morgan fingerprint density at radius 2 is 2.25 bits per heavy atom. The number of anilines is 1. The third kappa shape index (κ3) is 2.69. The van der Waals surface area contributed by atoms with Crippen molar-refractivity contribution in [3.05, 3.63) is 18.0 Å². The highest BCUT2D eigenvalue weighted by Gasteiger charge is 2.36. The molecule has 0 aliphatic carbocycles. The normalized spacial score (nSPS) is 22.5. The summed E-state index contributed by atoms with van der Waals surface area (Å²) in [5, 5.41) is 11.6. The maximum absolute atomic E-state index is 11.3. The molecule has 1 fully saturated rings. The maximum Gasteiger partial charge on any atom is 0.227 e. The maximum atomic E-state index is 11.3. The van der Waals surface area contributed by atoms with Crippen molar-refractivity contribution in [2.24, 2.45) is 7.05 Å². The lowest BCUT2D eigenvalue weighted by molar-refractivity contribution is -0.123. The molecule has 1 aromatic rings. The van der Waals surface area contributed by atoms with Gasteiger partial charge in [-0.05, 0) is 13.3 Å². The number of amides is 1. The van der Waals surface area contributed by atoms with Crippen molar-refractivity contribution >= 4 is 11.9 Å². The van der Waals surface area contributed by atoms with Gasteiger partial charge in [-0.25, -0.2) is 0 Å². The number of nitrogens with zero attached hydrogens (tertiary/aromatic N) is 4. The second kappa shape index (κ2) is 5.26. The van der Waals surface area contributed by atoms with Crippen LogP contribution >= 0.6 is 0 Å². The van der Waals surface area contributed by atoms with Crippen LogP contribution in [0.15, 0.2) is 12.2 Å². The lowest BCUT2D eigenvalue weighted by Crippen LogP contribution is -2.45. The third-order valence-corrected chi connectivity index (χ3v) is 3.82. The average molecular weight is 277 g/mol. The van der Waals surface area contributed by atoms with Gasteiger partial charge in [-0.3, -0.25) is 9.36 Å². The summed E-state index contributed by atoms with van der Waals surface area (Å²) in [4.78, 5) is 13.4. The van der Waals surface area contributed by atoms with Gasteiger partial charge in [-0.1, -0.05) is 19.1 Å². The molecule has 1 aromatic heterocycles. The highest BCUT2D eigenvalue weighted by molar-refractivity contribution is 5.77. The van der Waals surface area contributed by atoms with Crippen LogP contribution in [0.1, 0.15) is 32.5 Å². The fourth-order valence-corrected chi connectivity index (χ4v) is 2.71. The highest BCUT2D eigenvalue weighted by Crippen LogP contribution is 2.30. The number of aromatic nitrogens is 3. The Morgan fingerprint density at radius 1 is 1.55 bits per heavy atom. The fourth-order valence-electron chi connectivity index (χ4n) is 2.71. The predicted molar refractivity (Wildman–Crippen MR) is 78.7 cm³/mol. The van der Waals surface area contributed by atoms with Crippen LogP contribution in [0, 0.1) is 0 Å². The molecule has 6 nitrogen and oxygen atoms in total. The van der Waals surface area contributed by atoms with Gasteiger partial charge in [-0.2, -0.15) is 0 Å². The van der Waals surface area contributed by atoms with E-state index in [1.807, 2.05) is 30.5 Å². The molecule has 0 spiro atoms. The van der Waals surface area contributed by atoms with Crippen molar-refractivity contribution < 1.29 is 4.79 Å². The van der Waals surface area contributed by atoms with E-state index in [0.29, 0.717) is 13.0 Å². The molecule has 0 bridgehead atoms. The molecular formula is C14H23N5O. The lowest BCUT2D eigenvalue weighted by atomic mass is 9.81. The molecule has 20 heavy (non-hydrogen) atoms. The van der Waals surface area contributed by atoms with Gasteiger partial charge in [0.1, 0.15) is 5.82 Å². The number of hydrogen-bond donors (Lipinski definition) is 1. The summed E-state index contributed by atoms with van der Waals surface area (Å²) in [7, 11) is 3.95. The summed E-state index contributed by atoms with van der Waals surface area (Å²) in [5.74, 6) is 1.85. The number of nitrogens with one attached hydrogen (secondary N) is 1. The van der Waals surface area contributed by atoms with Crippen LogP contribution in [-0.2, 0) is 17.3 Å². The lowest BCUT2D eigenvalue weighted by Gasteiger charge is -2.32. The van der Waals surface area contributed by atoms with E-state index in [0.717, 1.165) is 30.3 Å². The molecule has 6 heteroatoms. The number of carbonyl (C=O) groups is 1. The Labute approximate surface area is 119 Å². The summed E-state index contributed by atoms with van der Waals surface area (Å²) in [6, 6.07) is 0. The van der Waals surface area contributed by atoms with Crippen LogP contribution in [-0.4, -0.2) is 40.8 Å². The zero-order valence-corrected chi connectivity index (χ0v) is 12.7. The summed E-state index contributed by atoms with van der Waals surface area (Å²) in [6.45, 7) is 9.40. The Balaban J connectivity index is 2.24. The van der Waals surface area contributed by atoms with Crippen LogP contribution in [0.3, 0.4) is 0 Å². The zero-order valence-electron chi connectivity index (χ0n) is 12.7. The van der Waals surface area contributed by atoms with E-state index >= 15 is 0 Å². The van der Waals surface area contributed by atoms with Crippen LogP contribution < -0.4 is 10.2 Å². The molecule has 1 saturated heterocycles. The van der Waals surface area contributed by atoms with Crippen molar-refractivity contribution in [2.75, 3.05) is 25.0 Å². The average Bonchev–Trinajstić information content (AvgIpc) is 2.75. The van der Waals surface area contributed by atoms with Crippen molar-refractivity contribution in [1.29, 1.82) is 0 Å². The van der Waals surface area contributed by atoms with Gasteiger partial charge in [0, 0.05) is 39.0 Å². The topological polar surface area (TPSA) is 63.1 Å². The van der Waals surface area contributed by atoms with Gasteiger partial charge in [0.25, 0.3) is 0 Å². The first kappa shape index (κ1) is 14.6. The van der Waals surface area contributed by atoms with E-state index in [1.165, 1.54) is 0 Å². The number of piperidine rings is 1. The first-order valence-electron chi connectivity index (χ1n) is 6.85. The summed E-state index contributed by atoms with van der Waals surface area (Å²) in [6.07, 6.45) is 1.34. The molecule has 1 N–H and O–H groups in total. The van der Waals surface area contributed by atoms with Gasteiger partial charge in [-0.15, -0.1) is 10.2 Å². The zero-order chi connectivity index (χ0) is 14.9. The molecule has 2 heterocycles. The molecule has 2 rings (SSSR count). The second-order valence-corrected chi connectivity index (χ2v) is 6.03. The van der Waals surface area contributed by atoms with Crippen LogP contribution in [0.2, 0.25) is 0 Å². The predicted octanol–water partition coefficient (Wildman–Crippen LogP) is 0.995. The van der Waals surface area contributed by atoms with Crippen LogP contribution in [0.5, 0.6) is 0 Å². The number of rotatable bonds is 4. The van der Waals surface area contributed by atoms with Gasteiger partial charge >= 0.3 is 0 Å². The Morgan fingerprint density at radius 3 is 2.80 bits per heavy atom. The number of likely N-dealkylation sites (N-methyl/N-ethyl adjacent to an activating group) is 1. The summed E-state index contributed by atoms with van der Waals surface area (Å²) < 4.78 is 2.01. The molecule has 1 amide bonds. The van der Waals surface area contributed by atoms with E-state index in [-0.39, 0.29) is 11.3 Å². The van der Waals surface area contributed by atoms with Crippen LogP contribution in [0.4, 0.5) is 5.95 Å². The molecule has 1 unspecified atom stereocenters. The van der Waals surface area contributed by atoms with E-state index in [9.17, 15) is 4.79 Å². The Hall–Kier alpha value is -1.85. The first-order valence-corrected chi connectivity index (χ1v) is 6.85. The Bertz CT molecular complexity index is 524. The van der Waals surface area contributed by atoms with Crippen molar-refractivity contribution in [3.8, 4) is 0 Å². The first-order chi connectivity index (χ1) is 9.33. The smallest absolute Gasteiger partial charge is 0.227 e. The van der Waals surface area contributed by atoms with Gasteiger partial charge in [0.05, 0.1) is 0 Å². The molecule has 1 aliphatic heterocycles. The highest BCUT2D eigenvalue weighted by atomic mass is 16.1. The molecular weight excluding hydrogens is 254 g/mol. The quantitative estimate of drug-likeness (QED) is 0.834. The van der Waals surface area contributed by atoms with E-state index < -0.39 is 0 Å². The van der Waals surface area contributed by atoms with Crippen molar-refractivity contribution in [2.45, 2.75) is 32.1 Å². The molecule has 0 aromatic carbocycles. The van der Waals surface area contributed by atoms with Gasteiger partial charge < -0.3 is 10.2 Å². The molecule has 0 saturated carbocycles. The van der Waals surface area contributed by atoms with Crippen molar-refractivity contribution in [3.63, 3.8) is 0 Å². The number of carbonyl (C=O) groups excluding carboxylic acids is 1. The molecule has 1 aliphatic rings. The summed E-state index contributed by atoms with van der Waals surface area (Å²) in [5.41, 5.74) is 0.922. The van der Waals surface area contributed by atoms with Gasteiger partial charge in [0.2, 0.25) is 11.9 Å². The molecule has 1 atom stereocenters. The molecule has 110 valence electrons. The SMILES string of the molecule is C=C(C)CN(C)c1nnc(C2(C)CCC(=O)NC2)n1C. The van der Waals surface area contributed by atoms with Crippen LogP contribution in [0.25, 0.3) is 0 Å². The standard InChI is InChI=1S/C14H23N5O/c1-10(2)8-18(4)13-17-16-12(19(13)5)14(3)7-6-11(20)15-9-14/h1,6-9H2,2-5H3,(H,15,20). The number of hydrogen-bond acceptors (Lipinski definition) is 4. The van der Waals surface area contributed by atoms with Crippen molar-refractivity contribution in [1.82, 2.24) is 20.1 Å². The van der Waals surface area contributed by atoms with E-state index in [4.69, 9.17) is 0 Å². The molecule has 0 radical (unpaired) electrons. The fraction of sp³-hybridized carbons (Fsp3) is 0.643.